The number of amides is 1. The van der Waals surface area contributed by atoms with Gasteiger partial charge >= 0.3 is 0 Å². The summed E-state index contributed by atoms with van der Waals surface area (Å²) in [4.78, 5) is 15.1. The molecule has 0 aromatic carbocycles. The number of hydrogen-bond acceptors (Lipinski definition) is 5. The van der Waals surface area contributed by atoms with Gasteiger partial charge in [-0.1, -0.05) is 11.6 Å². The first-order valence-electron chi connectivity index (χ1n) is 8.40. The molecule has 1 spiro atoms. The number of thiophene rings is 1. The molecule has 5 nitrogen and oxygen atoms in total. The fourth-order valence-corrected chi connectivity index (χ4v) is 5.09. The third-order valence-electron chi connectivity index (χ3n) is 5.29. The summed E-state index contributed by atoms with van der Waals surface area (Å²) in [5, 5.41) is 13.9. The van der Waals surface area contributed by atoms with E-state index in [1.165, 1.54) is 11.8 Å². The Bertz CT molecular complexity index is 600. The summed E-state index contributed by atoms with van der Waals surface area (Å²) < 4.78 is 6.87. The predicted octanol–water partition coefficient (Wildman–Crippen LogP) is 2.41. The lowest BCUT2D eigenvalue weighted by Gasteiger charge is -2.53. The van der Waals surface area contributed by atoms with Crippen molar-refractivity contribution < 1.29 is 14.6 Å². The quantitative estimate of drug-likeness (QED) is 0.855. The molecule has 0 aliphatic carbocycles. The molecule has 3 rings (SSSR count). The molecule has 1 amide bonds. The third-order valence-corrected chi connectivity index (χ3v) is 6.50. The Morgan fingerprint density at radius 3 is 2.75 bits per heavy atom. The SMILES string of the molecule is CC(=O)N[C@]1(C)CCOC2(CCN(Cc3ccc(Cl)s3)CC2)[C@H]1O. The van der Waals surface area contributed by atoms with E-state index in [-0.39, 0.29) is 5.91 Å². The van der Waals surface area contributed by atoms with E-state index in [0.29, 0.717) is 13.0 Å². The summed E-state index contributed by atoms with van der Waals surface area (Å²) in [6.07, 6.45) is 1.47. The highest BCUT2D eigenvalue weighted by molar-refractivity contribution is 7.16. The average molecular weight is 373 g/mol. The van der Waals surface area contributed by atoms with E-state index in [0.717, 1.165) is 36.8 Å². The largest absolute Gasteiger partial charge is 0.388 e. The normalized spacial score (nSPS) is 30.4. The van der Waals surface area contributed by atoms with Crippen molar-refractivity contribution in [3.63, 3.8) is 0 Å². The predicted molar refractivity (Wildman–Crippen MR) is 95.4 cm³/mol. The zero-order valence-electron chi connectivity index (χ0n) is 14.2. The van der Waals surface area contributed by atoms with Crippen molar-refractivity contribution in [2.75, 3.05) is 19.7 Å². The molecule has 2 fully saturated rings. The second-order valence-electron chi connectivity index (χ2n) is 7.15. The molecule has 3 heterocycles. The molecule has 0 unspecified atom stereocenters. The second kappa shape index (κ2) is 6.92. The highest BCUT2D eigenvalue weighted by atomic mass is 35.5. The van der Waals surface area contributed by atoms with E-state index in [1.807, 2.05) is 13.0 Å². The minimum absolute atomic E-state index is 0.111. The van der Waals surface area contributed by atoms with Crippen LogP contribution in [0.15, 0.2) is 12.1 Å². The fraction of sp³-hybridized carbons (Fsp3) is 0.706. The van der Waals surface area contributed by atoms with Crippen LogP contribution in [0, 0.1) is 0 Å². The van der Waals surface area contributed by atoms with E-state index in [9.17, 15) is 9.90 Å². The Kier molecular flexibility index (Phi) is 5.23. The van der Waals surface area contributed by atoms with Crippen molar-refractivity contribution in [3.8, 4) is 0 Å². The van der Waals surface area contributed by atoms with Gasteiger partial charge in [0.25, 0.3) is 0 Å². The molecule has 1 aromatic heterocycles. The van der Waals surface area contributed by atoms with Crippen molar-refractivity contribution >= 4 is 28.8 Å². The van der Waals surface area contributed by atoms with Gasteiger partial charge in [-0.3, -0.25) is 9.69 Å². The summed E-state index contributed by atoms with van der Waals surface area (Å²) in [6.45, 7) is 6.59. The Hall–Kier alpha value is -0.660. The molecule has 134 valence electrons. The smallest absolute Gasteiger partial charge is 0.217 e. The van der Waals surface area contributed by atoms with E-state index in [1.54, 1.807) is 11.3 Å². The molecular weight excluding hydrogens is 348 g/mol. The van der Waals surface area contributed by atoms with Gasteiger partial charge in [0.2, 0.25) is 5.91 Å². The highest BCUT2D eigenvalue weighted by Crippen LogP contribution is 2.40. The van der Waals surface area contributed by atoms with Gasteiger partial charge in [-0.25, -0.2) is 0 Å². The van der Waals surface area contributed by atoms with Crippen molar-refractivity contribution in [1.29, 1.82) is 0 Å². The molecule has 24 heavy (non-hydrogen) atoms. The maximum absolute atomic E-state index is 11.5. The average Bonchev–Trinajstić information content (AvgIpc) is 2.92. The number of carbonyl (C=O) groups excluding carboxylic acids is 1. The van der Waals surface area contributed by atoms with Gasteiger partial charge in [-0.05, 0) is 38.3 Å². The molecule has 2 N–H and O–H groups in total. The van der Waals surface area contributed by atoms with Crippen molar-refractivity contribution in [2.24, 2.45) is 0 Å². The second-order valence-corrected chi connectivity index (χ2v) is 8.95. The number of likely N-dealkylation sites (tertiary alicyclic amines) is 1. The summed E-state index contributed by atoms with van der Waals surface area (Å²) in [5.41, 5.74) is -1.17. The number of halogens is 1. The van der Waals surface area contributed by atoms with Gasteiger partial charge < -0.3 is 15.2 Å². The van der Waals surface area contributed by atoms with Gasteiger partial charge in [-0.2, -0.15) is 0 Å². The Morgan fingerprint density at radius 2 is 2.17 bits per heavy atom. The zero-order valence-corrected chi connectivity index (χ0v) is 15.8. The van der Waals surface area contributed by atoms with Gasteiger partial charge in [-0.15, -0.1) is 11.3 Å². The standard InChI is InChI=1S/C17H25ClN2O3S/c1-12(21)19-16(2)7-10-23-17(15(16)22)5-8-20(9-6-17)11-13-3-4-14(18)24-13/h3-4,15,22H,5-11H2,1-2H3,(H,19,21)/t15-,16+/m0/s1. The van der Waals surface area contributed by atoms with Gasteiger partial charge in [0.1, 0.15) is 6.10 Å². The van der Waals surface area contributed by atoms with Crippen molar-refractivity contribution in [3.05, 3.63) is 21.3 Å². The van der Waals surface area contributed by atoms with Crippen LogP contribution in [0.3, 0.4) is 0 Å². The highest BCUT2D eigenvalue weighted by Gasteiger charge is 2.53. The van der Waals surface area contributed by atoms with Crippen LogP contribution in [-0.2, 0) is 16.1 Å². The Morgan fingerprint density at radius 1 is 1.46 bits per heavy atom. The monoisotopic (exact) mass is 372 g/mol. The summed E-state index contributed by atoms with van der Waals surface area (Å²) in [5.74, 6) is -0.111. The van der Waals surface area contributed by atoms with Crippen molar-refractivity contribution in [2.45, 2.75) is 56.9 Å². The van der Waals surface area contributed by atoms with E-state index in [4.69, 9.17) is 16.3 Å². The molecule has 1 aromatic rings. The number of aliphatic hydroxyl groups excluding tert-OH is 1. The Balaban J connectivity index is 1.64. The van der Waals surface area contributed by atoms with Crippen LogP contribution in [0.2, 0.25) is 4.34 Å². The molecule has 0 bridgehead atoms. The van der Waals surface area contributed by atoms with Gasteiger partial charge in [0.15, 0.2) is 0 Å². The molecule has 7 heteroatoms. The first-order valence-corrected chi connectivity index (χ1v) is 9.60. The van der Waals surface area contributed by atoms with Crippen LogP contribution in [0.5, 0.6) is 0 Å². The lowest BCUT2D eigenvalue weighted by atomic mass is 9.73. The Labute approximate surface area is 151 Å². The van der Waals surface area contributed by atoms with Crippen molar-refractivity contribution in [1.82, 2.24) is 10.2 Å². The maximum Gasteiger partial charge on any atom is 0.217 e. The maximum atomic E-state index is 11.5. The number of ether oxygens (including phenoxy) is 1. The number of carbonyl (C=O) groups is 1. The number of piperidine rings is 1. The summed E-state index contributed by atoms with van der Waals surface area (Å²) in [7, 11) is 0. The summed E-state index contributed by atoms with van der Waals surface area (Å²) >= 11 is 7.61. The zero-order chi connectivity index (χ0) is 17.4. The minimum atomic E-state index is -0.694. The van der Waals surface area contributed by atoms with Crippen LogP contribution < -0.4 is 5.32 Å². The molecule has 2 aliphatic rings. The van der Waals surface area contributed by atoms with Crippen LogP contribution in [0.1, 0.15) is 38.0 Å². The van der Waals surface area contributed by atoms with Crippen LogP contribution in [0.25, 0.3) is 0 Å². The molecule has 0 radical (unpaired) electrons. The molecule has 0 saturated carbocycles. The number of aliphatic hydroxyl groups is 1. The number of rotatable bonds is 3. The van der Waals surface area contributed by atoms with Crippen LogP contribution >= 0.6 is 22.9 Å². The first-order chi connectivity index (χ1) is 11.3. The third kappa shape index (κ3) is 3.63. The number of nitrogens with zero attached hydrogens (tertiary/aromatic N) is 1. The molecule has 2 atom stereocenters. The van der Waals surface area contributed by atoms with Gasteiger partial charge in [0.05, 0.1) is 15.5 Å². The summed E-state index contributed by atoms with van der Waals surface area (Å²) in [6, 6.07) is 4.00. The fourth-order valence-electron chi connectivity index (χ4n) is 3.96. The number of nitrogens with one attached hydrogen (secondary N) is 1. The number of hydrogen-bond donors (Lipinski definition) is 2. The molecule has 2 saturated heterocycles. The van der Waals surface area contributed by atoms with E-state index < -0.39 is 17.2 Å². The van der Waals surface area contributed by atoms with Gasteiger partial charge in [0, 0.05) is 38.0 Å². The topological polar surface area (TPSA) is 61.8 Å². The lowest BCUT2D eigenvalue weighted by Crippen LogP contribution is -2.69. The van der Waals surface area contributed by atoms with Crippen LogP contribution in [-0.4, -0.2) is 52.9 Å². The molecule has 2 aliphatic heterocycles. The lowest BCUT2D eigenvalue weighted by molar-refractivity contribution is -0.208. The minimum Gasteiger partial charge on any atom is -0.388 e. The van der Waals surface area contributed by atoms with E-state index in [2.05, 4.69) is 16.3 Å². The molecular formula is C17H25ClN2O3S. The van der Waals surface area contributed by atoms with Crippen LogP contribution in [0.4, 0.5) is 0 Å². The first kappa shape index (κ1) is 18.1. The van der Waals surface area contributed by atoms with E-state index >= 15 is 0 Å².